The second kappa shape index (κ2) is 6.81. The Labute approximate surface area is 134 Å². The van der Waals surface area contributed by atoms with Crippen molar-refractivity contribution < 1.29 is 9.53 Å². The van der Waals surface area contributed by atoms with E-state index in [0.717, 1.165) is 13.1 Å². The lowest BCUT2D eigenvalue weighted by Gasteiger charge is -2.40. The lowest BCUT2D eigenvalue weighted by molar-refractivity contribution is -0.00923. The minimum atomic E-state index is -0.445. The molecule has 0 bridgehead atoms. The molecule has 6 nitrogen and oxygen atoms in total. The predicted octanol–water partition coefficient (Wildman–Crippen LogP) is 1.18. The van der Waals surface area contributed by atoms with E-state index in [2.05, 4.69) is 29.0 Å². The molecule has 1 aliphatic heterocycles. The largest absolute Gasteiger partial charge is 0.379 e. The van der Waals surface area contributed by atoms with Gasteiger partial charge in [0.05, 0.1) is 13.2 Å². The topological polar surface area (TPSA) is 74.4 Å². The molecule has 0 unspecified atom stereocenters. The second-order valence-corrected chi connectivity index (χ2v) is 6.44. The maximum absolute atomic E-state index is 12.2. The number of aromatic amines is 1. The van der Waals surface area contributed by atoms with Crippen LogP contribution in [0.5, 0.6) is 0 Å². The first-order valence-electron chi connectivity index (χ1n) is 7.32. The number of H-pyrrole nitrogens is 1. The first kappa shape index (κ1) is 17.0. The van der Waals surface area contributed by atoms with E-state index >= 15 is 0 Å². The predicted molar refractivity (Wildman–Crippen MR) is 85.6 cm³/mol. The summed E-state index contributed by atoms with van der Waals surface area (Å²) < 4.78 is 5.34. The van der Waals surface area contributed by atoms with Crippen LogP contribution in [0, 0.1) is 6.92 Å². The molecule has 0 atom stereocenters. The van der Waals surface area contributed by atoms with Crippen molar-refractivity contribution in [2.75, 3.05) is 32.8 Å². The number of amides is 1. The maximum Gasteiger partial charge on any atom is 0.256 e. The molecule has 1 saturated heterocycles. The number of rotatable bonds is 4. The van der Waals surface area contributed by atoms with Gasteiger partial charge in [0, 0.05) is 37.1 Å². The lowest BCUT2D eigenvalue weighted by Crippen LogP contribution is -2.55. The molecule has 0 radical (unpaired) electrons. The average molecular weight is 328 g/mol. The van der Waals surface area contributed by atoms with Gasteiger partial charge < -0.3 is 15.0 Å². The van der Waals surface area contributed by atoms with Gasteiger partial charge in [-0.05, 0) is 20.8 Å². The van der Waals surface area contributed by atoms with Gasteiger partial charge >= 0.3 is 0 Å². The van der Waals surface area contributed by atoms with Crippen molar-refractivity contribution in [1.82, 2.24) is 15.2 Å². The summed E-state index contributed by atoms with van der Waals surface area (Å²) in [5, 5.41) is 2.88. The lowest BCUT2D eigenvalue weighted by atomic mass is 10.0. The number of halogens is 1. The molecule has 0 spiro atoms. The minimum Gasteiger partial charge on any atom is -0.379 e. The summed E-state index contributed by atoms with van der Waals surface area (Å²) in [6, 6.07) is 0. The molecule has 1 aliphatic rings. The molecule has 2 N–H and O–H groups in total. The van der Waals surface area contributed by atoms with Gasteiger partial charge in [-0.3, -0.25) is 14.5 Å². The second-order valence-electron chi connectivity index (χ2n) is 6.06. The Morgan fingerprint density at radius 2 is 2.09 bits per heavy atom. The number of carbonyl (C=O) groups is 1. The Balaban J connectivity index is 2.03. The van der Waals surface area contributed by atoms with Gasteiger partial charge in [-0.2, -0.15) is 0 Å². The third-order valence-electron chi connectivity index (χ3n) is 4.00. The zero-order chi connectivity index (χ0) is 16.3. The summed E-state index contributed by atoms with van der Waals surface area (Å²) in [6.07, 6.45) is 1.40. The number of carbonyl (C=O) groups excluding carboxylic acids is 1. The highest BCUT2D eigenvalue weighted by Gasteiger charge is 2.29. The molecule has 2 heterocycles. The van der Waals surface area contributed by atoms with E-state index < -0.39 is 11.3 Å². The number of aryl methyl sites for hydroxylation is 1. The van der Waals surface area contributed by atoms with Crippen molar-refractivity contribution >= 4 is 17.5 Å². The van der Waals surface area contributed by atoms with Crippen molar-refractivity contribution in [3.8, 4) is 0 Å². The summed E-state index contributed by atoms with van der Waals surface area (Å²) in [4.78, 5) is 29.3. The van der Waals surface area contributed by atoms with Crippen LogP contribution in [0.4, 0.5) is 0 Å². The molecule has 1 aromatic heterocycles. The van der Waals surface area contributed by atoms with E-state index in [0.29, 0.717) is 25.5 Å². The van der Waals surface area contributed by atoms with E-state index in [1.165, 1.54) is 6.20 Å². The maximum atomic E-state index is 12.2. The Morgan fingerprint density at radius 1 is 1.45 bits per heavy atom. The molecule has 122 valence electrons. The summed E-state index contributed by atoms with van der Waals surface area (Å²) in [7, 11) is 0. The number of nitrogens with one attached hydrogen (secondary N) is 2. The van der Waals surface area contributed by atoms with Crippen LogP contribution < -0.4 is 10.7 Å². The first-order chi connectivity index (χ1) is 10.3. The van der Waals surface area contributed by atoms with E-state index in [1.54, 1.807) is 6.92 Å². The van der Waals surface area contributed by atoms with Crippen LogP contribution in [0.25, 0.3) is 0 Å². The fourth-order valence-electron chi connectivity index (χ4n) is 2.44. The van der Waals surface area contributed by atoms with Crippen LogP contribution in [0.1, 0.15) is 29.9 Å². The summed E-state index contributed by atoms with van der Waals surface area (Å²) in [5.41, 5.74) is -0.0643. The van der Waals surface area contributed by atoms with Crippen LogP contribution in [-0.2, 0) is 4.74 Å². The highest BCUT2D eigenvalue weighted by atomic mass is 35.5. The third-order valence-corrected chi connectivity index (χ3v) is 4.45. The quantitative estimate of drug-likeness (QED) is 0.871. The Bertz CT molecular complexity index is 607. The first-order valence-corrected chi connectivity index (χ1v) is 7.69. The monoisotopic (exact) mass is 327 g/mol. The van der Waals surface area contributed by atoms with E-state index in [-0.39, 0.29) is 16.1 Å². The zero-order valence-electron chi connectivity index (χ0n) is 13.2. The highest BCUT2D eigenvalue weighted by molar-refractivity contribution is 6.31. The number of hydrogen-bond donors (Lipinski definition) is 2. The summed E-state index contributed by atoms with van der Waals surface area (Å²) >= 11 is 5.89. The molecular formula is C15H22ClN3O3. The fraction of sp³-hybridized carbons (Fsp3) is 0.600. The van der Waals surface area contributed by atoms with Gasteiger partial charge in [-0.25, -0.2) is 0 Å². The smallest absolute Gasteiger partial charge is 0.256 e. The van der Waals surface area contributed by atoms with Crippen molar-refractivity contribution in [3.63, 3.8) is 0 Å². The average Bonchev–Trinajstić information content (AvgIpc) is 2.51. The molecule has 0 aliphatic carbocycles. The number of morpholine rings is 1. The Morgan fingerprint density at radius 3 is 2.73 bits per heavy atom. The third kappa shape index (κ3) is 3.69. The fourth-order valence-corrected chi connectivity index (χ4v) is 2.60. The highest BCUT2D eigenvalue weighted by Crippen LogP contribution is 2.15. The zero-order valence-corrected chi connectivity index (χ0v) is 13.9. The van der Waals surface area contributed by atoms with Gasteiger partial charge in [0.1, 0.15) is 10.6 Å². The van der Waals surface area contributed by atoms with Crippen LogP contribution in [-0.4, -0.2) is 54.2 Å². The van der Waals surface area contributed by atoms with Crippen LogP contribution in [0.3, 0.4) is 0 Å². The van der Waals surface area contributed by atoms with E-state index in [4.69, 9.17) is 16.3 Å². The van der Waals surface area contributed by atoms with Gasteiger partial charge in [0.2, 0.25) is 5.43 Å². The number of pyridine rings is 1. The van der Waals surface area contributed by atoms with Crippen LogP contribution in [0.15, 0.2) is 11.0 Å². The molecule has 22 heavy (non-hydrogen) atoms. The summed E-state index contributed by atoms with van der Waals surface area (Å²) in [6.45, 7) is 9.31. The van der Waals surface area contributed by atoms with Gasteiger partial charge in [-0.1, -0.05) is 11.6 Å². The van der Waals surface area contributed by atoms with Crippen molar-refractivity contribution in [1.29, 1.82) is 0 Å². The summed E-state index contributed by atoms with van der Waals surface area (Å²) in [5.74, 6) is -0.413. The van der Waals surface area contributed by atoms with Crippen molar-refractivity contribution in [2.24, 2.45) is 0 Å². The molecule has 0 saturated carbocycles. The van der Waals surface area contributed by atoms with Gasteiger partial charge in [0.25, 0.3) is 5.91 Å². The van der Waals surface area contributed by atoms with E-state index in [1.807, 2.05) is 0 Å². The minimum absolute atomic E-state index is 0.0355. The molecule has 7 heteroatoms. The normalized spacial score (nSPS) is 16.5. The van der Waals surface area contributed by atoms with Gasteiger partial charge in [-0.15, -0.1) is 0 Å². The van der Waals surface area contributed by atoms with E-state index in [9.17, 15) is 9.59 Å². The SMILES string of the molecule is Cc1[nH]cc(C(=O)NCC(C)(C)N2CCOCC2)c(=O)c1Cl. The molecule has 0 aromatic carbocycles. The molecule has 1 amide bonds. The Hall–Kier alpha value is -1.37. The Kier molecular flexibility index (Phi) is 5.26. The van der Waals surface area contributed by atoms with Crippen LogP contribution in [0.2, 0.25) is 5.02 Å². The number of aromatic nitrogens is 1. The molecule has 1 aromatic rings. The number of ether oxygens (including phenoxy) is 1. The van der Waals surface area contributed by atoms with Crippen LogP contribution >= 0.6 is 11.6 Å². The van der Waals surface area contributed by atoms with Crippen molar-refractivity contribution in [3.05, 3.63) is 32.7 Å². The number of hydrogen-bond acceptors (Lipinski definition) is 4. The standard InChI is InChI=1S/C15H22ClN3O3/c1-10-12(16)13(20)11(8-17-10)14(21)18-9-15(2,3)19-4-6-22-7-5-19/h8H,4-7,9H2,1-3H3,(H,17,20)(H,18,21). The molecular weight excluding hydrogens is 306 g/mol. The molecule has 2 rings (SSSR count). The van der Waals surface area contributed by atoms with Crippen molar-refractivity contribution in [2.45, 2.75) is 26.3 Å². The van der Waals surface area contributed by atoms with Gasteiger partial charge in [0.15, 0.2) is 0 Å². The number of nitrogens with zero attached hydrogens (tertiary/aromatic N) is 1. The molecule has 1 fully saturated rings.